The first-order valence-corrected chi connectivity index (χ1v) is 8.91. The fourth-order valence-corrected chi connectivity index (χ4v) is 3.91. The van der Waals surface area contributed by atoms with Gasteiger partial charge in [0.25, 0.3) is 0 Å². The Hall–Kier alpha value is -1.20. The van der Waals surface area contributed by atoms with Crippen LogP contribution >= 0.6 is 0 Å². The van der Waals surface area contributed by atoms with E-state index in [4.69, 9.17) is 0 Å². The molecule has 120 valence electrons. The molecule has 2 aromatic rings. The molecule has 0 saturated heterocycles. The first kappa shape index (κ1) is 17.6. The van der Waals surface area contributed by atoms with Crippen LogP contribution in [0, 0.1) is 12.8 Å². The van der Waals surface area contributed by atoms with Crippen molar-refractivity contribution >= 4 is 12.2 Å². The largest absolute Gasteiger partial charge is 0.0741 e. The molecule has 1 heteroatoms. The maximum Gasteiger partial charge on any atom is 0 e. The van der Waals surface area contributed by atoms with Crippen molar-refractivity contribution in [2.45, 2.75) is 39.0 Å². The van der Waals surface area contributed by atoms with E-state index in [1.165, 1.54) is 64.8 Å². The standard InChI is InChI=1S/C23H24.Zr/c1-17-10-12-20(13-11-17)22-9-5-8-21-15-19(16-23(21)22)14-18-6-3-2-4-7-18;/h5,8-16,18H,2-4,6-7H2,1H3;. The Morgan fingerprint density at radius 1 is 0.875 bits per heavy atom. The van der Waals surface area contributed by atoms with Crippen LogP contribution in [0.4, 0.5) is 0 Å². The van der Waals surface area contributed by atoms with Crippen LogP contribution in [0.5, 0.6) is 0 Å². The van der Waals surface area contributed by atoms with Crippen LogP contribution in [0.15, 0.2) is 54.1 Å². The summed E-state index contributed by atoms with van der Waals surface area (Å²) in [5, 5.41) is 2.75. The Balaban J connectivity index is 0.00000169. The molecule has 2 aliphatic carbocycles. The summed E-state index contributed by atoms with van der Waals surface area (Å²) in [4.78, 5) is 0. The van der Waals surface area contributed by atoms with Gasteiger partial charge in [-0.2, -0.15) is 0 Å². The molecule has 0 aliphatic heterocycles. The number of allylic oxidation sites excluding steroid dienone is 2. The normalized spacial score (nSPS) is 18.5. The van der Waals surface area contributed by atoms with Crippen molar-refractivity contribution in [2.75, 3.05) is 0 Å². The van der Waals surface area contributed by atoms with Crippen LogP contribution in [0.25, 0.3) is 23.3 Å². The minimum absolute atomic E-state index is 0. The summed E-state index contributed by atoms with van der Waals surface area (Å²) >= 11 is 0. The summed E-state index contributed by atoms with van der Waals surface area (Å²) in [5.74, 6) is 0.781. The van der Waals surface area contributed by atoms with Gasteiger partial charge in [-0.1, -0.05) is 73.4 Å². The molecule has 24 heavy (non-hydrogen) atoms. The van der Waals surface area contributed by atoms with E-state index in [1.54, 1.807) is 0 Å². The zero-order valence-corrected chi connectivity index (χ0v) is 16.8. The number of hydrogen-bond acceptors (Lipinski definition) is 0. The molecule has 0 nitrogen and oxygen atoms in total. The Labute approximate surface area is 164 Å². The second-order valence-corrected chi connectivity index (χ2v) is 7.03. The van der Waals surface area contributed by atoms with Crippen molar-refractivity contribution < 1.29 is 26.2 Å². The summed E-state index contributed by atoms with van der Waals surface area (Å²) in [6.07, 6.45) is 14.2. The maximum atomic E-state index is 2.51. The second kappa shape index (κ2) is 7.79. The van der Waals surface area contributed by atoms with Gasteiger partial charge in [-0.05, 0) is 65.0 Å². The predicted molar refractivity (Wildman–Crippen MR) is 99.5 cm³/mol. The molecule has 0 amide bonds. The van der Waals surface area contributed by atoms with Crippen LogP contribution in [0.3, 0.4) is 0 Å². The van der Waals surface area contributed by atoms with E-state index >= 15 is 0 Å². The van der Waals surface area contributed by atoms with E-state index in [-0.39, 0.29) is 26.2 Å². The summed E-state index contributed by atoms with van der Waals surface area (Å²) in [5.41, 5.74) is 5.39. The summed E-state index contributed by atoms with van der Waals surface area (Å²) in [7, 11) is 0. The molecule has 0 radical (unpaired) electrons. The zero-order chi connectivity index (χ0) is 15.6. The van der Waals surface area contributed by atoms with Crippen molar-refractivity contribution in [3.05, 3.63) is 70.1 Å². The van der Waals surface area contributed by atoms with E-state index in [0.717, 1.165) is 5.92 Å². The molecule has 0 heterocycles. The molecule has 0 unspecified atom stereocenters. The SMILES string of the molecule is Cc1ccc(-c2cccc3c2=CC(=CC2CCCCC2)C=3)cc1.[Zr]. The topological polar surface area (TPSA) is 0 Å². The van der Waals surface area contributed by atoms with Crippen LogP contribution in [0.2, 0.25) is 0 Å². The van der Waals surface area contributed by atoms with Gasteiger partial charge in [0.05, 0.1) is 0 Å². The molecule has 0 bridgehead atoms. The van der Waals surface area contributed by atoms with Gasteiger partial charge in [0, 0.05) is 26.2 Å². The number of hydrogen-bond donors (Lipinski definition) is 0. The van der Waals surface area contributed by atoms with Crippen molar-refractivity contribution in [3.63, 3.8) is 0 Å². The van der Waals surface area contributed by atoms with Gasteiger partial charge in [-0.25, -0.2) is 0 Å². The molecule has 1 fully saturated rings. The van der Waals surface area contributed by atoms with Gasteiger partial charge in [0.15, 0.2) is 0 Å². The molecule has 0 atom stereocenters. The van der Waals surface area contributed by atoms with Gasteiger partial charge >= 0.3 is 0 Å². The predicted octanol–water partition coefficient (Wildman–Crippen LogP) is 4.74. The summed E-state index contributed by atoms with van der Waals surface area (Å²) < 4.78 is 0. The molecular weight excluding hydrogens is 367 g/mol. The minimum atomic E-state index is 0. The smallest absolute Gasteiger partial charge is 0 e. The second-order valence-electron chi connectivity index (χ2n) is 7.03. The van der Waals surface area contributed by atoms with E-state index in [1.807, 2.05) is 0 Å². The van der Waals surface area contributed by atoms with Crippen molar-refractivity contribution in [3.8, 4) is 11.1 Å². The van der Waals surface area contributed by atoms with Crippen LogP contribution in [-0.2, 0) is 26.2 Å². The number of aryl methyl sites for hydroxylation is 1. The fraction of sp³-hybridized carbons (Fsp3) is 0.304. The van der Waals surface area contributed by atoms with Crippen molar-refractivity contribution in [2.24, 2.45) is 5.92 Å². The number of rotatable bonds is 2. The van der Waals surface area contributed by atoms with Gasteiger partial charge in [0.1, 0.15) is 0 Å². The molecule has 0 aromatic heterocycles. The van der Waals surface area contributed by atoms with Crippen LogP contribution in [0.1, 0.15) is 37.7 Å². The average molecular weight is 392 g/mol. The molecule has 0 N–H and O–H groups in total. The Morgan fingerprint density at radius 2 is 1.62 bits per heavy atom. The van der Waals surface area contributed by atoms with Gasteiger partial charge < -0.3 is 0 Å². The quantitative estimate of drug-likeness (QED) is 0.693. The van der Waals surface area contributed by atoms with Crippen LogP contribution in [-0.4, -0.2) is 0 Å². The maximum absolute atomic E-state index is 2.51. The van der Waals surface area contributed by atoms with Crippen molar-refractivity contribution in [1.29, 1.82) is 0 Å². The van der Waals surface area contributed by atoms with E-state index in [0.29, 0.717) is 0 Å². The molecule has 4 rings (SSSR count). The number of fused-ring (bicyclic) bond motifs is 1. The first-order chi connectivity index (χ1) is 11.3. The van der Waals surface area contributed by atoms with E-state index in [2.05, 4.69) is 67.6 Å². The molecular formula is C23H24Zr. The van der Waals surface area contributed by atoms with Gasteiger partial charge in [-0.15, -0.1) is 0 Å². The zero-order valence-electron chi connectivity index (χ0n) is 14.4. The average Bonchev–Trinajstić information content (AvgIpc) is 2.99. The molecule has 2 aliphatic rings. The third-order valence-electron chi connectivity index (χ3n) is 5.21. The van der Waals surface area contributed by atoms with Crippen LogP contribution < -0.4 is 10.4 Å². The Bertz CT molecular complexity index is 850. The van der Waals surface area contributed by atoms with E-state index < -0.39 is 0 Å². The van der Waals surface area contributed by atoms with Gasteiger partial charge in [-0.3, -0.25) is 0 Å². The molecule has 1 saturated carbocycles. The van der Waals surface area contributed by atoms with E-state index in [9.17, 15) is 0 Å². The van der Waals surface area contributed by atoms with Crippen molar-refractivity contribution in [1.82, 2.24) is 0 Å². The monoisotopic (exact) mass is 390 g/mol. The third-order valence-corrected chi connectivity index (χ3v) is 5.21. The number of benzene rings is 2. The summed E-state index contributed by atoms with van der Waals surface area (Å²) in [6, 6.07) is 15.5. The fourth-order valence-electron chi connectivity index (χ4n) is 3.91. The third kappa shape index (κ3) is 3.72. The first-order valence-electron chi connectivity index (χ1n) is 8.91. The van der Waals surface area contributed by atoms with Gasteiger partial charge in [0.2, 0.25) is 0 Å². The minimum Gasteiger partial charge on any atom is -0.0741 e. The Morgan fingerprint density at radius 3 is 2.38 bits per heavy atom. The Kier molecular flexibility index (Phi) is 5.72. The molecule has 2 aromatic carbocycles. The summed E-state index contributed by atoms with van der Waals surface area (Å²) in [6.45, 7) is 2.14. The molecule has 0 spiro atoms.